The Hall–Kier alpha value is -0.660. The van der Waals surface area contributed by atoms with Crippen molar-refractivity contribution in [2.45, 2.75) is 19.3 Å². The molecule has 7 heteroatoms. The molecule has 2 rings (SSSR count). The molecule has 0 unspecified atom stereocenters. The molecular weight excluding hydrogens is 292 g/mol. The minimum atomic E-state index is -3.11. The van der Waals surface area contributed by atoms with E-state index in [4.69, 9.17) is 0 Å². The summed E-state index contributed by atoms with van der Waals surface area (Å²) < 4.78 is 29.2. The molecular formula is C14H26N2O4S. The van der Waals surface area contributed by atoms with Crippen LogP contribution in [0.5, 0.6) is 0 Å². The van der Waals surface area contributed by atoms with E-state index in [1.807, 2.05) is 0 Å². The highest BCUT2D eigenvalue weighted by Crippen LogP contribution is 2.50. The van der Waals surface area contributed by atoms with Crippen LogP contribution in [0.1, 0.15) is 19.3 Å². The Labute approximate surface area is 127 Å². The maximum atomic E-state index is 12.3. The van der Waals surface area contributed by atoms with Crippen molar-refractivity contribution >= 4 is 15.8 Å². The quantitative estimate of drug-likeness (QED) is 0.615. The van der Waals surface area contributed by atoms with E-state index in [-0.39, 0.29) is 29.3 Å². The van der Waals surface area contributed by atoms with Crippen molar-refractivity contribution in [2.24, 2.45) is 5.41 Å². The van der Waals surface area contributed by atoms with Gasteiger partial charge >= 0.3 is 5.97 Å². The van der Waals surface area contributed by atoms with Gasteiger partial charge in [0.1, 0.15) is 0 Å². The Kier molecular flexibility index (Phi) is 5.27. The van der Waals surface area contributed by atoms with Gasteiger partial charge in [0.05, 0.1) is 25.0 Å². The summed E-state index contributed by atoms with van der Waals surface area (Å²) in [6.45, 7) is 4.45. The van der Waals surface area contributed by atoms with E-state index in [1.54, 1.807) is 0 Å². The van der Waals surface area contributed by atoms with Crippen LogP contribution in [-0.4, -0.2) is 82.6 Å². The first kappa shape index (κ1) is 16.7. The van der Waals surface area contributed by atoms with E-state index in [1.165, 1.54) is 7.11 Å². The Morgan fingerprint density at radius 1 is 1.19 bits per heavy atom. The zero-order valence-corrected chi connectivity index (χ0v) is 13.8. The van der Waals surface area contributed by atoms with Gasteiger partial charge in [0, 0.05) is 32.7 Å². The standard InChI is InChI=1S/C14H26N2O4S/c1-15-5-7-16(8-6-15)9-10-21(18,19)12-14(3-4-14)11-13(17)20-2/h3-12H2,1-2H3. The minimum Gasteiger partial charge on any atom is -0.469 e. The first-order valence-electron chi connectivity index (χ1n) is 7.52. The first-order valence-corrected chi connectivity index (χ1v) is 9.34. The third kappa shape index (κ3) is 5.23. The normalized spacial score (nSPS) is 23.0. The number of hydrogen-bond donors (Lipinski definition) is 0. The molecule has 0 aromatic heterocycles. The van der Waals surface area contributed by atoms with E-state index in [2.05, 4.69) is 21.6 Å². The predicted octanol–water partition coefficient (Wildman–Crippen LogP) is -0.00810. The molecule has 1 aliphatic carbocycles. The van der Waals surface area contributed by atoms with Crippen LogP contribution in [0.25, 0.3) is 0 Å². The van der Waals surface area contributed by atoms with Gasteiger partial charge in [-0.2, -0.15) is 0 Å². The third-order valence-electron chi connectivity index (χ3n) is 4.54. The lowest BCUT2D eigenvalue weighted by Crippen LogP contribution is -2.46. The molecule has 122 valence electrons. The van der Waals surface area contributed by atoms with Crippen LogP contribution in [0.4, 0.5) is 0 Å². The molecule has 1 aliphatic heterocycles. The fourth-order valence-electron chi connectivity index (χ4n) is 2.81. The number of hydrogen-bond acceptors (Lipinski definition) is 6. The van der Waals surface area contributed by atoms with Gasteiger partial charge in [0.25, 0.3) is 0 Å². The van der Waals surface area contributed by atoms with Gasteiger partial charge in [-0.15, -0.1) is 0 Å². The van der Waals surface area contributed by atoms with Crippen molar-refractivity contribution in [1.82, 2.24) is 9.80 Å². The average molecular weight is 318 g/mol. The number of carbonyl (C=O) groups is 1. The smallest absolute Gasteiger partial charge is 0.306 e. The average Bonchev–Trinajstić information content (AvgIpc) is 3.16. The van der Waals surface area contributed by atoms with Crippen molar-refractivity contribution < 1.29 is 17.9 Å². The predicted molar refractivity (Wildman–Crippen MR) is 80.9 cm³/mol. The summed E-state index contributed by atoms with van der Waals surface area (Å²) in [5.41, 5.74) is -0.339. The van der Waals surface area contributed by atoms with Gasteiger partial charge in [0.2, 0.25) is 0 Å². The molecule has 0 aromatic carbocycles. The lowest BCUT2D eigenvalue weighted by atomic mass is 10.1. The molecule has 0 bridgehead atoms. The molecule has 1 saturated heterocycles. The molecule has 2 fully saturated rings. The second-order valence-corrected chi connectivity index (χ2v) is 8.67. The van der Waals surface area contributed by atoms with Crippen LogP contribution in [0.3, 0.4) is 0 Å². The van der Waals surface area contributed by atoms with Crippen molar-refractivity contribution in [3.8, 4) is 0 Å². The third-order valence-corrected chi connectivity index (χ3v) is 6.40. The molecule has 0 N–H and O–H groups in total. The maximum absolute atomic E-state index is 12.3. The van der Waals surface area contributed by atoms with Crippen LogP contribution in [-0.2, 0) is 19.4 Å². The summed E-state index contributed by atoms with van der Waals surface area (Å²) in [6, 6.07) is 0. The van der Waals surface area contributed by atoms with Crippen molar-refractivity contribution in [3.63, 3.8) is 0 Å². The minimum absolute atomic E-state index is 0.128. The van der Waals surface area contributed by atoms with Crippen LogP contribution >= 0.6 is 0 Å². The lowest BCUT2D eigenvalue weighted by Gasteiger charge is -2.32. The zero-order chi connectivity index (χ0) is 15.5. The van der Waals surface area contributed by atoms with E-state index in [0.717, 1.165) is 39.0 Å². The number of carbonyl (C=O) groups excluding carboxylic acids is 1. The number of nitrogens with zero attached hydrogens (tertiary/aromatic N) is 2. The van der Waals surface area contributed by atoms with Gasteiger partial charge in [-0.3, -0.25) is 9.69 Å². The van der Waals surface area contributed by atoms with Crippen molar-refractivity contribution in [2.75, 3.05) is 58.4 Å². The molecule has 0 radical (unpaired) electrons. The molecule has 0 aromatic rings. The highest BCUT2D eigenvalue weighted by atomic mass is 32.2. The number of piperazine rings is 1. The van der Waals surface area contributed by atoms with Crippen LogP contribution in [0.15, 0.2) is 0 Å². The van der Waals surface area contributed by atoms with E-state index in [9.17, 15) is 13.2 Å². The summed E-state index contributed by atoms with van der Waals surface area (Å²) in [5, 5.41) is 0. The van der Waals surface area contributed by atoms with Gasteiger partial charge in [-0.05, 0) is 25.3 Å². The van der Waals surface area contributed by atoms with Gasteiger partial charge < -0.3 is 9.64 Å². The summed E-state index contributed by atoms with van der Waals surface area (Å²) in [4.78, 5) is 15.8. The summed E-state index contributed by atoms with van der Waals surface area (Å²) in [6.07, 6.45) is 1.86. The number of rotatable bonds is 7. The number of ether oxygens (including phenoxy) is 1. The molecule has 21 heavy (non-hydrogen) atoms. The summed E-state index contributed by atoms with van der Waals surface area (Å²) in [5.74, 6) is 0.0180. The molecule has 2 aliphatic rings. The van der Waals surface area contributed by atoms with E-state index in [0.29, 0.717) is 6.54 Å². The molecule has 0 spiro atoms. The largest absolute Gasteiger partial charge is 0.469 e. The second kappa shape index (κ2) is 6.62. The molecule has 1 heterocycles. The number of likely N-dealkylation sites (N-methyl/N-ethyl adjacent to an activating group) is 1. The molecule has 0 atom stereocenters. The van der Waals surface area contributed by atoms with Crippen LogP contribution in [0.2, 0.25) is 0 Å². The Morgan fingerprint density at radius 3 is 2.33 bits per heavy atom. The number of sulfone groups is 1. The Morgan fingerprint density at radius 2 is 1.81 bits per heavy atom. The first-order chi connectivity index (χ1) is 9.84. The SMILES string of the molecule is COC(=O)CC1(CS(=O)(=O)CCN2CCN(C)CC2)CC1. The monoisotopic (exact) mass is 318 g/mol. The van der Waals surface area contributed by atoms with Gasteiger partial charge in [-0.25, -0.2) is 8.42 Å². The van der Waals surface area contributed by atoms with E-state index < -0.39 is 9.84 Å². The Balaban J connectivity index is 1.78. The maximum Gasteiger partial charge on any atom is 0.306 e. The van der Waals surface area contributed by atoms with Crippen LogP contribution in [0, 0.1) is 5.41 Å². The topological polar surface area (TPSA) is 66.9 Å². The van der Waals surface area contributed by atoms with Crippen LogP contribution < -0.4 is 0 Å². The zero-order valence-electron chi connectivity index (χ0n) is 13.0. The van der Waals surface area contributed by atoms with Gasteiger partial charge in [-0.1, -0.05) is 0 Å². The summed E-state index contributed by atoms with van der Waals surface area (Å²) >= 11 is 0. The molecule has 0 amide bonds. The fraction of sp³-hybridized carbons (Fsp3) is 0.929. The number of esters is 1. The molecule has 1 saturated carbocycles. The highest BCUT2D eigenvalue weighted by Gasteiger charge is 2.47. The highest BCUT2D eigenvalue weighted by molar-refractivity contribution is 7.91. The second-order valence-electron chi connectivity index (χ2n) is 6.49. The van der Waals surface area contributed by atoms with E-state index >= 15 is 0 Å². The number of methoxy groups -OCH3 is 1. The van der Waals surface area contributed by atoms with Gasteiger partial charge in [0.15, 0.2) is 9.84 Å². The Bertz CT molecular complexity index is 465. The molecule has 6 nitrogen and oxygen atoms in total. The summed E-state index contributed by atoms with van der Waals surface area (Å²) in [7, 11) is 0.322. The fourth-order valence-corrected chi connectivity index (χ4v) is 4.81. The lowest BCUT2D eigenvalue weighted by molar-refractivity contribution is -0.141. The van der Waals surface area contributed by atoms with Crippen molar-refractivity contribution in [3.05, 3.63) is 0 Å². The van der Waals surface area contributed by atoms with Crippen molar-refractivity contribution in [1.29, 1.82) is 0 Å².